The molecule has 0 aromatic heterocycles. The molecule has 2 bridgehead atoms. The van der Waals surface area contributed by atoms with Gasteiger partial charge in [-0.25, -0.2) is 0 Å². The second kappa shape index (κ2) is 1.49. The van der Waals surface area contributed by atoms with Gasteiger partial charge in [0.05, 0.1) is 12.2 Å². The number of aliphatic hydroxyl groups excluding tert-OH is 2. The molecule has 0 saturated heterocycles. The van der Waals surface area contributed by atoms with Crippen LogP contribution in [0.2, 0.25) is 0 Å². The summed E-state index contributed by atoms with van der Waals surface area (Å²) in [7, 11) is 0. The first kappa shape index (κ1) is 6.41. The highest BCUT2D eigenvalue weighted by atomic mass is 16.3. The van der Waals surface area contributed by atoms with Crippen molar-refractivity contribution in [2.75, 3.05) is 0 Å². The summed E-state index contributed by atoms with van der Waals surface area (Å²) in [5, 5.41) is 20.2. The molecule has 5 fully saturated rings. The van der Waals surface area contributed by atoms with Crippen LogP contribution in [0.25, 0.3) is 0 Å². The molecule has 5 aliphatic carbocycles. The highest BCUT2D eigenvalue weighted by Crippen LogP contribution is 2.82. The Morgan fingerprint density at radius 2 is 1.08 bits per heavy atom. The van der Waals surface area contributed by atoms with Gasteiger partial charge in [0.15, 0.2) is 0 Å². The molecule has 0 spiro atoms. The van der Waals surface area contributed by atoms with Crippen molar-refractivity contribution in [1.82, 2.24) is 0 Å². The summed E-state index contributed by atoms with van der Waals surface area (Å²) in [5.41, 5.74) is 0. The highest BCUT2D eigenvalue weighted by molar-refractivity contribution is 5.30. The maximum atomic E-state index is 10.1. The van der Waals surface area contributed by atoms with Crippen LogP contribution in [0.3, 0.4) is 0 Å². The van der Waals surface area contributed by atoms with Gasteiger partial charge in [0.1, 0.15) is 0 Å². The summed E-state index contributed by atoms with van der Waals surface area (Å²) in [6, 6.07) is 0. The van der Waals surface area contributed by atoms with E-state index in [0.717, 1.165) is 23.7 Å². The van der Waals surface area contributed by atoms with E-state index in [0.29, 0.717) is 23.7 Å². The Kier molecular flexibility index (Phi) is 0.733. The molecule has 2 heteroatoms. The van der Waals surface area contributed by atoms with Gasteiger partial charge in [0.2, 0.25) is 0 Å². The van der Waals surface area contributed by atoms with Crippen LogP contribution in [0.1, 0.15) is 6.42 Å². The highest BCUT2D eigenvalue weighted by Gasteiger charge is 2.83. The maximum Gasteiger partial charge on any atom is 0.0609 e. The molecule has 5 saturated carbocycles. The number of fused-ring (bicyclic) bond motifs is 2. The second-order valence-electron chi connectivity index (χ2n) is 6.01. The lowest BCUT2D eigenvalue weighted by Gasteiger charge is -2.47. The lowest BCUT2D eigenvalue weighted by Crippen LogP contribution is -2.51. The van der Waals surface area contributed by atoms with Crippen molar-refractivity contribution in [3.05, 3.63) is 0 Å². The number of aliphatic hydroxyl groups is 2. The molecule has 2 nitrogen and oxygen atoms in total. The van der Waals surface area contributed by atoms with Crippen LogP contribution in [-0.4, -0.2) is 22.4 Å². The van der Waals surface area contributed by atoms with Crippen LogP contribution in [0.15, 0.2) is 0 Å². The van der Waals surface area contributed by atoms with Gasteiger partial charge in [-0.2, -0.15) is 0 Å². The largest absolute Gasteiger partial charge is 0.393 e. The third kappa shape index (κ3) is 0.375. The monoisotopic (exact) mass is 178 g/mol. The first-order valence-electron chi connectivity index (χ1n) is 5.67. The molecule has 5 rings (SSSR count). The van der Waals surface area contributed by atoms with Crippen LogP contribution in [0.4, 0.5) is 0 Å². The minimum Gasteiger partial charge on any atom is -0.393 e. The van der Waals surface area contributed by atoms with E-state index < -0.39 is 0 Å². The predicted octanol–water partition coefficient (Wildman–Crippen LogP) is 0.0959. The minimum absolute atomic E-state index is 0.0304. The molecule has 5 aliphatic rings. The average Bonchev–Trinajstić information content (AvgIpc) is 2.52. The molecule has 0 aliphatic heterocycles. The molecule has 2 N–H and O–H groups in total. The molecule has 13 heavy (non-hydrogen) atoms. The SMILES string of the molecule is O[C@@H]1[C@@H]2[C@H]3[C@H](O)[C@@H]4[C@H]5C[C@H]([C@H]2[C@@H]53)[C@H]14. The van der Waals surface area contributed by atoms with E-state index >= 15 is 0 Å². The smallest absolute Gasteiger partial charge is 0.0609 e. The van der Waals surface area contributed by atoms with E-state index in [4.69, 9.17) is 0 Å². The summed E-state index contributed by atoms with van der Waals surface area (Å²) in [6.07, 6.45) is 1.28. The summed E-state index contributed by atoms with van der Waals surface area (Å²) in [5.74, 6) is 5.33. The molecular formula is C11H14O2. The number of hydrogen-bond acceptors (Lipinski definition) is 2. The summed E-state index contributed by atoms with van der Waals surface area (Å²) in [4.78, 5) is 0. The summed E-state index contributed by atoms with van der Waals surface area (Å²) >= 11 is 0. The Bertz CT molecular complexity index is 281. The van der Waals surface area contributed by atoms with Crippen molar-refractivity contribution in [1.29, 1.82) is 0 Å². The lowest BCUT2D eigenvalue weighted by atomic mass is 9.58. The number of rotatable bonds is 0. The van der Waals surface area contributed by atoms with E-state index in [2.05, 4.69) is 0 Å². The van der Waals surface area contributed by atoms with E-state index in [1.165, 1.54) is 6.42 Å². The Morgan fingerprint density at radius 1 is 0.615 bits per heavy atom. The molecule has 0 unspecified atom stereocenters. The molecule has 0 amide bonds. The topological polar surface area (TPSA) is 40.5 Å². The maximum absolute atomic E-state index is 10.1. The standard InChI is InChI=1S/C11H14O2/c12-10-6-2-1-3-5-4(2)8(10)9(5)11(13)7(3)6/h2-13H,1H2/t2-,3+,4+,5-,6+,7-,8-,9-,10+,11-/m0/s1. The molecular weight excluding hydrogens is 164 g/mol. The number of hydrogen-bond donors (Lipinski definition) is 2. The van der Waals surface area contributed by atoms with Gasteiger partial charge in [-0.3, -0.25) is 0 Å². The van der Waals surface area contributed by atoms with Crippen molar-refractivity contribution in [3.8, 4) is 0 Å². The van der Waals surface area contributed by atoms with Crippen LogP contribution in [0, 0.1) is 47.3 Å². The second-order valence-corrected chi connectivity index (χ2v) is 6.01. The van der Waals surface area contributed by atoms with E-state index in [1.54, 1.807) is 0 Å². The first-order valence-corrected chi connectivity index (χ1v) is 5.67. The van der Waals surface area contributed by atoms with Crippen molar-refractivity contribution >= 4 is 0 Å². The Morgan fingerprint density at radius 3 is 1.54 bits per heavy atom. The van der Waals surface area contributed by atoms with Crippen LogP contribution < -0.4 is 0 Å². The molecule has 0 heterocycles. The van der Waals surface area contributed by atoms with Gasteiger partial charge in [0, 0.05) is 0 Å². The third-order valence-electron chi connectivity index (χ3n) is 6.32. The zero-order chi connectivity index (χ0) is 8.48. The molecule has 0 radical (unpaired) electrons. The summed E-state index contributed by atoms with van der Waals surface area (Å²) in [6.45, 7) is 0. The van der Waals surface area contributed by atoms with E-state index in [9.17, 15) is 10.2 Å². The van der Waals surface area contributed by atoms with E-state index in [-0.39, 0.29) is 12.2 Å². The first-order chi connectivity index (χ1) is 6.30. The van der Waals surface area contributed by atoms with Crippen molar-refractivity contribution in [2.24, 2.45) is 47.3 Å². The van der Waals surface area contributed by atoms with Crippen LogP contribution >= 0.6 is 0 Å². The zero-order valence-corrected chi connectivity index (χ0v) is 7.38. The lowest BCUT2D eigenvalue weighted by molar-refractivity contribution is -0.109. The zero-order valence-electron chi connectivity index (χ0n) is 7.38. The van der Waals surface area contributed by atoms with Gasteiger partial charge in [-0.15, -0.1) is 0 Å². The van der Waals surface area contributed by atoms with E-state index in [1.807, 2.05) is 0 Å². The Balaban J connectivity index is 1.83. The van der Waals surface area contributed by atoms with Crippen LogP contribution in [-0.2, 0) is 0 Å². The van der Waals surface area contributed by atoms with Gasteiger partial charge in [-0.05, 0) is 53.8 Å². The molecule has 0 aromatic carbocycles. The van der Waals surface area contributed by atoms with Gasteiger partial charge in [0.25, 0.3) is 0 Å². The fraction of sp³-hybridized carbons (Fsp3) is 1.00. The van der Waals surface area contributed by atoms with Crippen molar-refractivity contribution < 1.29 is 10.2 Å². The fourth-order valence-corrected chi connectivity index (χ4v) is 6.44. The fourth-order valence-electron chi connectivity index (χ4n) is 6.44. The quantitative estimate of drug-likeness (QED) is 0.552. The normalized spacial score (nSPS) is 85.4. The third-order valence-corrected chi connectivity index (χ3v) is 6.32. The Hall–Kier alpha value is -0.0800. The summed E-state index contributed by atoms with van der Waals surface area (Å²) < 4.78 is 0. The average molecular weight is 178 g/mol. The van der Waals surface area contributed by atoms with Crippen molar-refractivity contribution in [2.45, 2.75) is 18.6 Å². The molecule has 10 atom stereocenters. The van der Waals surface area contributed by atoms with Gasteiger partial charge in [-0.1, -0.05) is 0 Å². The Labute approximate surface area is 76.9 Å². The van der Waals surface area contributed by atoms with Crippen molar-refractivity contribution in [3.63, 3.8) is 0 Å². The molecule has 70 valence electrons. The van der Waals surface area contributed by atoms with Gasteiger partial charge < -0.3 is 10.2 Å². The van der Waals surface area contributed by atoms with Crippen LogP contribution in [0.5, 0.6) is 0 Å². The van der Waals surface area contributed by atoms with Gasteiger partial charge >= 0.3 is 0 Å². The minimum atomic E-state index is -0.0304. The molecule has 0 aromatic rings. The predicted molar refractivity (Wildman–Crippen MR) is 44.6 cm³/mol.